The third-order valence-corrected chi connectivity index (χ3v) is 4.21. The number of amides is 1. The van der Waals surface area contributed by atoms with Gasteiger partial charge >= 0.3 is 53.7 Å². The predicted molar refractivity (Wildman–Crippen MR) is 74.7 cm³/mol. The van der Waals surface area contributed by atoms with Gasteiger partial charge in [0.25, 0.3) is 0 Å². The molecule has 0 aromatic rings. The molecule has 0 atom stereocenters. The Morgan fingerprint density at radius 1 is 0.559 bits per heavy atom. The molecule has 0 aliphatic carbocycles. The van der Waals surface area contributed by atoms with Crippen LogP contribution < -0.4 is 5.73 Å². The first-order chi connectivity index (χ1) is 14.4. The molecule has 0 unspecified atom stereocenters. The van der Waals surface area contributed by atoms with Crippen LogP contribution in [-0.2, 0) is 4.74 Å². The van der Waals surface area contributed by atoms with Crippen LogP contribution in [-0.4, -0.2) is 59.3 Å². The van der Waals surface area contributed by atoms with E-state index in [1.807, 2.05) is 0 Å². The monoisotopic (exact) mass is 549 g/mol. The Morgan fingerprint density at radius 2 is 0.853 bits per heavy atom. The van der Waals surface area contributed by atoms with E-state index in [1.165, 1.54) is 0 Å². The van der Waals surface area contributed by atoms with Crippen LogP contribution in [0.5, 0.6) is 0 Å². The van der Waals surface area contributed by atoms with Crippen molar-refractivity contribution in [2.45, 2.75) is 79.9 Å². The maximum absolute atomic E-state index is 13.7. The Balaban J connectivity index is 6.47. The molecule has 0 aliphatic rings. The van der Waals surface area contributed by atoms with Gasteiger partial charge in [0.1, 0.15) is 5.60 Å². The van der Waals surface area contributed by atoms with E-state index in [1.54, 1.807) is 0 Å². The van der Waals surface area contributed by atoms with Crippen molar-refractivity contribution < 1.29 is 84.2 Å². The van der Waals surface area contributed by atoms with Crippen LogP contribution in [0.2, 0.25) is 0 Å². The number of ether oxygens (including phenoxy) is 1. The molecule has 0 rings (SSSR count). The standard InChI is InChI=1S/C14H12F17NO2/c1-6(2,34-5(32)33)3-4-7(15,16)8(17,18)9(19,20)10(21,22)11(23,24)12(25,26)13(27,28)14(29,30)31/h3-4H2,1-2H3,(H2,32,33). The summed E-state index contributed by atoms with van der Waals surface area (Å²) in [6, 6.07) is 0. The van der Waals surface area contributed by atoms with E-state index in [0.717, 1.165) is 0 Å². The summed E-state index contributed by atoms with van der Waals surface area (Å²) >= 11 is 0. The van der Waals surface area contributed by atoms with Crippen molar-refractivity contribution in [2.75, 3.05) is 0 Å². The summed E-state index contributed by atoms with van der Waals surface area (Å²) in [5, 5.41) is 0. The van der Waals surface area contributed by atoms with Crippen LogP contribution in [0.15, 0.2) is 0 Å². The van der Waals surface area contributed by atoms with Gasteiger partial charge in [0.05, 0.1) is 0 Å². The quantitative estimate of drug-likeness (QED) is 0.311. The van der Waals surface area contributed by atoms with Gasteiger partial charge in [-0.2, -0.15) is 74.6 Å². The minimum absolute atomic E-state index is 0.632. The topological polar surface area (TPSA) is 52.3 Å². The molecule has 0 aromatic heterocycles. The van der Waals surface area contributed by atoms with Gasteiger partial charge in [-0.1, -0.05) is 0 Å². The van der Waals surface area contributed by atoms with Crippen LogP contribution in [0, 0.1) is 0 Å². The first-order valence-corrected chi connectivity index (χ1v) is 8.07. The van der Waals surface area contributed by atoms with Gasteiger partial charge in [0, 0.05) is 6.42 Å². The Morgan fingerprint density at radius 3 is 1.15 bits per heavy atom. The molecule has 0 aliphatic heterocycles. The fourth-order valence-electron chi connectivity index (χ4n) is 2.13. The van der Waals surface area contributed by atoms with Crippen molar-refractivity contribution in [3.05, 3.63) is 0 Å². The molecule has 0 radical (unpaired) electrons. The zero-order chi connectivity index (χ0) is 28.2. The van der Waals surface area contributed by atoms with Gasteiger partial charge in [0.2, 0.25) is 0 Å². The highest BCUT2D eigenvalue weighted by molar-refractivity contribution is 5.65. The molecular weight excluding hydrogens is 537 g/mol. The number of carbonyl (C=O) groups is 1. The van der Waals surface area contributed by atoms with Crippen molar-refractivity contribution in [2.24, 2.45) is 5.73 Å². The fourth-order valence-corrected chi connectivity index (χ4v) is 2.13. The Kier molecular flexibility index (Phi) is 7.87. The highest BCUT2D eigenvalue weighted by atomic mass is 19.4. The van der Waals surface area contributed by atoms with E-state index in [0.29, 0.717) is 13.8 Å². The highest BCUT2D eigenvalue weighted by Gasteiger charge is 2.95. The fraction of sp³-hybridized carbons (Fsp3) is 0.929. The van der Waals surface area contributed by atoms with Gasteiger partial charge in [-0.05, 0) is 20.3 Å². The zero-order valence-electron chi connectivity index (χ0n) is 16.2. The van der Waals surface area contributed by atoms with Crippen LogP contribution in [0.25, 0.3) is 0 Å². The summed E-state index contributed by atoms with van der Waals surface area (Å²) in [5.41, 5.74) is 2.16. The lowest BCUT2D eigenvalue weighted by Crippen LogP contribution is -2.74. The lowest BCUT2D eigenvalue weighted by molar-refractivity contribution is -0.462. The minimum atomic E-state index is -8.67. The number of nitrogens with two attached hydrogens (primary N) is 1. The van der Waals surface area contributed by atoms with Crippen LogP contribution in [0.3, 0.4) is 0 Å². The summed E-state index contributed by atoms with van der Waals surface area (Å²) < 4.78 is 227. The van der Waals surface area contributed by atoms with E-state index in [4.69, 9.17) is 0 Å². The molecule has 1 amide bonds. The Bertz CT molecular complexity index is 756. The predicted octanol–water partition coefficient (Wildman–Crippen LogP) is 6.65. The van der Waals surface area contributed by atoms with Gasteiger partial charge in [-0.15, -0.1) is 0 Å². The van der Waals surface area contributed by atoms with Crippen LogP contribution >= 0.6 is 0 Å². The molecule has 0 heterocycles. The molecule has 3 nitrogen and oxygen atoms in total. The van der Waals surface area contributed by atoms with Gasteiger partial charge in [-0.25, -0.2) is 4.79 Å². The second kappa shape index (κ2) is 8.34. The van der Waals surface area contributed by atoms with Gasteiger partial charge in [-0.3, -0.25) is 0 Å². The maximum Gasteiger partial charge on any atom is 0.460 e. The molecule has 20 heteroatoms. The SMILES string of the molecule is CC(C)(CCC(F)(F)C(F)(F)C(F)(F)C(F)(F)C(F)(F)C(F)(F)C(F)(F)C(F)(F)F)OC(N)=O. The third-order valence-electron chi connectivity index (χ3n) is 4.21. The molecule has 0 fully saturated rings. The molecule has 2 N–H and O–H groups in total. The summed E-state index contributed by atoms with van der Waals surface area (Å²) in [5.74, 6) is -56.7. The van der Waals surface area contributed by atoms with Crippen LogP contribution in [0.1, 0.15) is 26.7 Å². The Hall–Kier alpha value is -1.92. The maximum atomic E-state index is 13.7. The lowest BCUT2D eigenvalue weighted by Gasteiger charge is -2.43. The number of primary amides is 1. The van der Waals surface area contributed by atoms with Gasteiger partial charge < -0.3 is 10.5 Å². The number of halogens is 17. The molecule has 34 heavy (non-hydrogen) atoms. The first-order valence-electron chi connectivity index (χ1n) is 8.07. The van der Waals surface area contributed by atoms with E-state index >= 15 is 0 Å². The first kappa shape index (κ1) is 32.1. The second-order valence-corrected chi connectivity index (χ2v) is 7.33. The largest absolute Gasteiger partial charge is 0.460 e. The number of alkyl halides is 17. The lowest BCUT2D eigenvalue weighted by atomic mass is 9.87. The molecule has 0 spiro atoms. The molecule has 0 saturated heterocycles. The molecule has 0 aromatic carbocycles. The third kappa shape index (κ3) is 4.76. The average molecular weight is 549 g/mol. The summed E-state index contributed by atoms with van der Waals surface area (Å²) in [6.07, 6.45) is -13.9. The molecular formula is C14H12F17NO2. The van der Waals surface area contributed by atoms with Crippen LogP contribution in [0.4, 0.5) is 79.4 Å². The zero-order valence-corrected chi connectivity index (χ0v) is 16.2. The number of carbonyl (C=O) groups excluding carboxylic acids is 1. The Labute approximate surface area is 177 Å². The van der Waals surface area contributed by atoms with Crippen molar-refractivity contribution >= 4 is 6.09 Å². The molecule has 0 bridgehead atoms. The summed E-state index contributed by atoms with van der Waals surface area (Å²) in [6.45, 7) is 1.26. The van der Waals surface area contributed by atoms with Gasteiger partial charge in [0.15, 0.2) is 0 Å². The minimum Gasteiger partial charge on any atom is -0.444 e. The van der Waals surface area contributed by atoms with Crippen molar-refractivity contribution in [3.8, 4) is 0 Å². The highest BCUT2D eigenvalue weighted by Crippen LogP contribution is 2.64. The molecule has 0 saturated carbocycles. The van der Waals surface area contributed by atoms with E-state index in [2.05, 4.69) is 10.5 Å². The van der Waals surface area contributed by atoms with E-state index in [-0.39, 0.29) is 0 Å². The smallest absolute Gasteiger partial charge is 0.444 e. The summed E-state index contributed by atoms with van der Waals surface area (Å²) in [4.78, 5) is 10.5. The normalized spacial score (nSPS) is 16.0. The van der Waals surface area contributed by atoms with Crippen molar-refractivity contribution in [3.63, 3.8) is 0 Å². The molecule has 204 valence electrons. The number of hydrogen-bond donors (Lipinski definition) is 1. The summed E-state index contributed by atoms with van der Waals surface area (Å²) in [7, 11) is 0. The number of rotatable bonds is 10. The van der Waals surface area contributed by atoms with E-state index < -0.39 is 72.2 Å². The second-order valence-electron chi connectivity index (χ2n) is 7.33. The van der Waals surface area contributed by atoms with Crippen molar-refractivity contribution in [1.29, 1.82) is 0 Å². The average Bonchev–Trinajstić information content (AvgIpc) is 2.57. The number of hydrogen-bond acceptors (Lipinski definition) is 2. The van der Waals surface area contributed by atoms with E-state index in [9.17, 15) is 79.4 Å². The van der Waals surface area contributed by atoms with Crippen molar-refractivity contribution in [1.82, 2.24) is 0 Å².